The highest BCUT2D eigenvalue weighted by Gasteiger charge is 2.16. The van der Waals surface area contributed by atoms with E-state index in [1.54, 1.807) is 44.3 Å². The Kier molecular flexibility index (Phi) is 7.07. The molecule has 0 atom stereocenters. The number of nitrogens with zero attached hydrogens (tertiary/aromatic N) is 2. The van der Waals surface area contributed by atoms with Gasteiger partial charge in [-0.05, 0) is 43.7 Å². The standard InChI is InChI=1S/C22H23ClN2O4S/c1-22(2,27)14-29-18-9-8-16(12-19(18)28-3)25-11-10-20(24-21(25)26)30-13-15-6-4-5-7-17(15)23/h4-12,27H,13-14H2,1-3H3. The average molecular weight is 447 g/mol. The lowest BCUT2D eigenvalue weighted by atomic mass is 10.2. The van der Waals surface area contributed by atoms with E-state index in [0.29, 0.717) is 33.0 Å². The number of aromatic nitrogens is 2. The molecule has 3 rings (SSSR count). The van der Waals surface area contributed by atoms with Crippen LogP contribution in [0.3, 0.4) is 0 Å². The molecule has 6 nitrogen and oxygen atoms in total. The molecule has 0 saturated heterocycles. The third kappa shape index (κ3) is 5.78. The van der Waals surface area contributed by atoms with Crippen LogP contribution in [0, 0.1) is 0 Å². The molecule has 8 heteroatoms. The molecule has 0 unspecified atom stereocenters. The third-order valence-corrected chi connectivity index (χ3v) is 5.46. The molecule has 0 aliphatic rings. The largest absolute Gasteiger partial charge is 0.493 e. The molecule has 0 bridgehead atoms. The molecule has 1 N–H and O–H groups in total. The average Bonchev–Trinajstić information content (AvgIpc) is 2.71. The molecule has 2 aromatic carbocycles. The van der Waals surface area contributed by atoms with Gasteiger partial charge in [-0.3, -0.25) is 4.57 Å². The number of hydrogen-bond acceptors (Lipinski definition) is 6. The van der Waals surface area contributed by atoms with Crippen LogP contribution in [-0.4, -0.2) is 34.0 Å². The van der Waals surface area contributed by atoms with E-state index in [4.69, 9.17) is 21.1 Å². The first-order chi connectivity index (χ1) is 14.3. The van der Waals surface area contributed by atoms with Crippen molar-refractivity contribution < 1.29 is 14.6 Å². The van der Waals surface area contributed by atoms with Gasteiger partial charge in [0.1, 0.15) is 11.6 Å². The van der Waals surface area contributed by atoms with Crippen molar-refractivity contribution in [1.29, 1.82) is 0 Å². The van der Waals surface area contributed by atoms with Gasteiger partial charge in [-0.15, -0.1) is 11.8 Å². The number of benzene rings is 2. The smallest absolute Gasteiger partial charge is 0.353 e. The first kappa shape index (κ1) is 22.2. The van der Waals surface area contributed by atoms with E-state index in [2.05, 4.69) is 4.98 Å². The Morgan fingerprint density at radius 1 is 1.17 bits per heavy atom. The lowest BCUT2D eigenvalue weighted by Crippen LogP contribution is -2.28. The van der Waals surface area contributed by atoms with Crippen LogP contribution < -0.4 is 15.2 Å². The van der Waals surface area contributed by atoms with E-state index in [-0.39, 0.29) is 6.61 Å². The van der Waals surface area contributed by atoms with E-state index in [1.807, 2.05) is 24.3 Å². The topological polar surface area (TPSA) is 73.6 Å². The van der Waals surface area contributed by atoms with Gasteiger partial charge in [0.2, 0.25) is 0 Å². The van der Waals surface area contributed by atoms with E-state index in [0.717, 1.165) is 5.56 Å². The highest BCUT2D eigenvalue weighted by atomic mass is 35.5. The Bertz CT molecular complexity index is 1080. The SMILES string of the molecule is COc1cc(-n2ccc(SCc3ccccc3Cl)nc2=O)ccc1OCC(C)(C)O. The van der Waals surface area contributed by atoms with Crippen molar-refractivity contribution in [3.63, 3.8) is 0 Å². The molecule has 0 saturated carbocycles. The Labute approximate surface area is 184 Å². The first-order valence-electron chi connectivity index (χ1n) is 9.26. The Balaban J connectivity index is 1.77. The summed E-state index contributed by atoms with van der Waals surface area (Å²) in [6.07, 6.45) is 1.68. The molecule has 158 valence electrons. The highest BCUT2D eigenvalue weighted by molar-refractivity contribution is 7.98. The summed E-state index contributed by atoms with van der Waals surface area (Å²) in [5.74, 6) is 1.56. The summed E-state index contributed by atoms with van der Waals surface area (Å²) in [6, 6.07) is 14.5. The molecule has 0 fully saturated rings. The van der Waals surface area contributed by atoms with Crippen molar-refractivity contribution in [3.8, 4) is 17.2 Å². The van der Waals surface area contributed by atoms with Crippen LogP contribution in [0.25, 0.3) is 5.69 Å². The lowest BCUT2D eigenvalue weighted by Gasteiger charge is -2.19. The predicted octanol–water partition coefficient (Wildman–Crippen LogP) is 4.34. The van der Waals surface area contributed by atoms with Gasteiger partial charge < -0.3 is 14.6 Å². The molecule has 0 aliphatic carbocycles. The summed E-state index contributed by atoms with van der Waals surface area (Å²) < 4.78 is 12.4. The molecule has 30 heavy (non-hydrogen) atoms. The van der Waals surface area contributed by atoms with Crippen molar-refractivity contribution in [1.82, 2.24) is 9.55 Å². The minimum absolute atomic E-state index is 0.113. The number of hydrogen-bond donors (Lipinski definition) is 1. The zero-order chi connectivity index (χ0) is 21.7. The molecule has 1 heterocycles. The Hall–Kier alpha value is -2.48. The predicted molar refractivity (Wildman–Crippen MR) is 119 cm³/mol. The summed E-state index contributed by atoms with van der Waals surface area (Å²) in [4.78, 5) is 16.7. The maximum Gasteiger partial charge on any atom is 0.353 e. The molecule has 0 aliphatic heterocycles. The van der Waals surface area contributed by atoms with E-state index in [1.165, 1.54) is 23.4 Å². The van der Waals surface area contributed by atoms with Crippen molar-refractivity contribution in [3.05, 3.63) is 75.8 Å². The fraction of sp³-hybridized carbons (Fsp3) is 0.273. The van der Waals surface area contributed by atoms with Crippen LogP contribution in [0.4, 0.5) is 0 Å². The van der Waals surface area contributed by atoms with Crippen LogP contribution in [-0.2, 0) is 5.75 Å². The summed E-state index contributed by atoms with van der Waals surface area (Å²) in [5.41, 5.74) is 0.220. The molecular formula is C22H23ClN2O4S. The zero-order valence-corrected chi connectivity index (χ0v) is 18.5. The second kappa shape index (κ2) is 9.55. The number of halogens is 1. The number of rotatable bonds is 8. The highest BCUT2D eigenvalue weighted by Crippen LogP contribution is 2.30. The third-order valence-electron chi connectivity index (χ3n) is 4.12. The van der Waals surface area contributed by atoms with E-state index < -0.39 is 11.3 Å². The minimum atomic E-state index is -0.970. The van der Waals surface area contributed by atoms with Gasteiger partial charge in [-0.2, -0.15) is 4.98 Å². The summed E-state index contributed by atoms with van der Waals surface area (Å²) in [7, 11) is 1.52. The van der Waals surface area contributed by atoms with Crippen molar-refractivity contribution >= 4 is 23.4 Å². The van der Waals surface area contributed by atoms with E-state index >= 15 is 0 Å². The molecule has 3 aromatic rings. The summed E-state index contributed by atoms with van der Waals surface area (Å²) in [6.45, 7) is 3.43. The van der Waals surface area contributed by atoms with Gasteiger partial charge in [0, 0.05) is 23.0 Å². The summed E-state index contributed by atoms with van der Waals surface area (Å²) in [5, 5.41) is 11.2. The van der Waals surface area contributed by atoms with Crippen LogP contribution in [0.2, 0.25) is 5.02 Å². The first-order valence-corrected chi connectivity index (χ1v) is 10.6. The number of aliphatic hydroxyl groups is 1. The van der Waals surface area contributed by atoms with Crippen molar-refractivity contribution in [2.45, 2.75) is 30.2 Å². The van der Waals surface area contributed by atoms with Crippen molar-refractivity contribution in [2.24, 2.45) is 0 Å². The minimum Gasteiger partial charge on any atom is -0.493 e. The van der Waals surface area contributed by atoms with Gasteiger partial charge >= 0.3 is 5.69 Å². The molecule has 0 spiro atoms. The molecule has 0 radical (unpaired) electrons. The Morgan fingerprint density at radius 2 is 1.93 bits per heavy atom. The number of thioether (sulfide) groups is 1. The fourth-order valence-electron chi connectivity index (χ4n) is 2.61. The second-order valence-corrected chi connectivity index (χ2v) is 8.64. The van der Waals surface area contributed by atoms with Gasteiger partial charge in [0.05, 0.1) is 18.4 Å². The maximum absolute atomic E-state index is 12.6. The monoisotopic (exact) mass is 446 g/mol. The maximum atomic E-state index is 12.6. The fourth-order valence-corrected chi connectivity index (χ4v) is 3.75. The van der Waals surface area contributed by atoms with E-state index in [9.17, 15) is 9.90 Å². The number of ether oxygens (including phenoxy) is 2. The Morgan fingerprint density at radius 3 is 2.60 bits per heavy atom. The normalized spacial score (nSPS) is 11.4. The van der Waals surface area contributed by atoms with Crippen LogP contribution in [0.5, 0.6) is 11.5 Å². The van der Waals surface area contributed by atoms with Gasteiger partial charge in [-0.1, -0.05) is 29.8 Å². The second-order valence-electron chi connectivity index (χ2n) is 7.23. The van der Waals surface area contributed by atoms with Gasteiger partial charge in [-0.25, -0.2) is 4.79 Å². The summed E-state index contributed by atoms with van der Waals surface area (Å²) >= 11 is 7.63. The zero-order valence-electron chi connectivity index (χ0n) is 17.0. The van der Waals surface area contributed by atoms with Crippen LogP contribution >= 0.6 is 23.4 Å². The van der Waals surface area contributed by atoms with Crippen molar-refractivity contribution in [2.75, 3.05) is 13.7 Å². The molecular weight excluding hydrogens is 424 g/mol. The van der Waals surface area contributed by atoms with Crippen LogP contribution in [0.1, 0.15) is 19.4 Å². The van der Waals surface area contributed by atoms with Gasteiger partial charge in [0.15, 0.2) is 11.5 Å². The van der Waals surface area contributed by atoms with Gasteiger partial charge in [0.25, 0.3) is 0 Å². The molecule has 1 aromatic heterocycles. The van der Waals surface area contributed by atoms with Crippen LogP contribution in [0.15, 0.2) is 64.5 Å². The number of methoxy groups -OCH3 is 1. The molecule has 0 amide bonds. The lowest BCUT2D eigenvalue weighted by molar-refractivity contribution is 0.0276. The quantitative estimate of drug-likeness (QED) is 0.410.